The standard InChI is InChI=1S/C23H25N7O/c31-16-15-28-11-13-29(14-12-28)20-7-5-19(6-8-20)26-23-24-10-9-22(27-23)30-21-4-2-1-3-18(21)17-25-30/h1-10,17,31H,11-16H2,(H,24,26,27). The molecule has 3 heterocycles. The summed E-state index contributed by atoms with van der Waals surface area (Å²) in [5, 5.41) is 17.9. The van der Waals surface area contributed by atoms with Gasteiger partial charge in [-0.15, -0.1) is 0 Å². The van der Waals surface area contributed by atoms with Crippen molar-refractivity contribution >= 4 is 28.2 Å². The number of hydrogen-bond donors (Lipinski definition) is 2. The molecule has 2 aromatic heterocycles. The molecule has 1 aliphatic heterocycles. The van der Waals surface area contributed by atoms with Crippen LogP contribution in [-0.2, 0) is 0 Å². The van der Waals surface area contributed by atoms with Gasteiger partial charge in [0.25, 0.3) is 0 Å². The number of nitrogens with zero attached hydrogens (tertiary/aromatic N) is 6. The second-order valence-corrected chi connectivity index (χ2v) is 7.58. The number of aromatic nitrogens is 4. The number of aliphatic hydroxyl groups excluding tert-OH is 1. The van der Waals surface area contributed by atoms with Gasteiger partial charge in [-0.05, 0) is 30.3 Å². The Morgan fingerprint density at radius 2 is 1.74 bits per heavy atom. The molecule has 8 nitrogen and oxygen atoms in total. The van der Waals surface area contributed by atoms with E-state index in [0.29, 0.717) is 5.95 Å². The van der Waals surface area contributed by atoms with E-state index < -0.39 is 0 Å². The van der Waals surface area contributed by atoms with Crippen LogP contribution in [0.25, 0.3) is 16.7 Å². The number of para-hydroxylation sites is 1. The van der Waals surface area contributed by atoms with E-state index in [0.717, 1.165) is 55.1 Å². The molecule has 0 aliphatic carbocycles. The second kappa shape index (κ2) is 8.71. The number of nitrogens with one attached hydrogen (secondary N) is 1. The van der Waals surface area contributed by atoms with Crippen LogP contribution < -0.4 is 10.2 Å². The maximum atomic E-state index is 9.09. The lowest BCUT2D eigenvalue weighted by molar-refractivity contribution is 0.189. The Balaban J connectivity index is 1.28. The molecule has 8 heteroatoms. The fraction of sp³-hybridized carbons (Fsp3) is 0.261. The minimum Gasteiger partial charge on any atom is -0.395 e. The number of anilines is 3. The third-order valence-electron chi connectivity index (χ3n) is 5.61. The molecule has 0 saturated carbocycles. The highest BCUT2D eigenvalue weighted by molar-refractivity contribution is 5.79. The third kappa shape index (κ3) is 4.21. The Bertz CT molecular complexity index is 1150. The predicted molar refractivity (Wildman–Crippen MR) is 122 cm³/mol. The van der Waals surface area contributed by atoms with Crippen molar-refractivity contribution in [3.8, 4) is 5.82 Å². The Kier molecular flexibility index (Phi) is 5.47. The first kappa shape index (κ1) is 19.5. The fourth-order valence-corrected chi connectivity index (χ4v) is 3.94. The van der Waals surface area contributed by atoms with Crippen LogP contribution in [0.15, 0.2) is 67.0 Å². The molecule has 1 saturated heterocycles. The molecular formula is C23H25N7O. The van der Waals surface area contributed by atoms with Gasteiger partial charge >= 0.3 is 0 Å². The molecule has 1 fully saturated rings. The van der Waals surface area contributed by atoms with E-state index in [4.69, 9.17) is 5.11 Å². The van der Waals surface area contributed by atoms with Crippen molar-refractivity contribution in [2.45, 2.75) is 0 Å². The first-order valence-corrected chi connectivity index (χ1v) is 10.5. The summed E-state index contributed by atoms with van der Waals surface area (Å²) >= 11 is 0. The van der Waals surface area contributed by atoms with Crippen molar-refractivity contribution in [3.05, 3.63) is 67.0 Å². The van der Waals surface area contributed by atoms with Crippen molar-refractivity contribution in [3.63, 3.8) is 0 Å². The molecule has 0 atom stereocenters. The quantitative estimate of drug-likeness (QED) is 0.501. The molecule has 31 heavy (non-hydrogen) atoms. The van der Waals surface area contributed by atoms with Crippen molar-refractivity contribution < 1.29 is 5.11 Å². The molecule has 4 aromatic rings. The molecule has 0 bridgehead atoms. The van der Waals surface area contributed by atoms with E-state index in [2.05, 4.69) is 54.4 Å². The normalized spacial score (nSPS) is 14.8. The van der Waals surface area contributed by atoms with Gasteiger partial charge in [-0.3, -0.25) is 4.90 Å². The first-order chi connectivity index (χ1) is 15.3. The van der Waals surface area contributed by atoms with Crippen molar-refractivity contribution in [1.82, 2.24) is 24.6 Å². The Morgan fingerprint density at radius 1 is 0.935 bits per heavy atom. The van der Waals surface area contributed by atoms with E-state index in [1.165, 1.54) is 5.69 Å². The molecule has 2 N–H and O–H groups in total. The summed E-state index contributed by atoms with van der Waals surface area (Å²) in [6.45, 7) is 4.86. The van der Waals surface area contributed by atoms with E-state index in [1.807, 2.05) is 41.2 Å². The zero-order valence-electron chi connectivity index (χ0n) is 17.2. The number of benzene rings is 2. The monoisotopic (exact) mass is 415 g/mol. The molecule has 0 spiro atoms. The van der Waals surface area contributed by atoms with Gasteiger partial charge in [-0.2, -0.15) is 10.1 Å². The average molecular weight is 416 g/mol. The Hall–Kier alpha value is -3.49. The average Bonchev–Trinajstić information content (AvgIpc) is 3.25. The van der Waals surface area contributed by atoms with Gasteiger partial charge in [0.2, 0.25) is 5.95 Å². The topological polar surface area (TPSA) is 82.3 Å². The van der Waals surface area contributed by atoms with Crippen molar-refractivity contribution in [2.75, 3.05) is 49.5 Å². The van der Waals surface area contributed by atoms with Crippen molar-refractivity contribution in [1.29, 1.82) is 0 Å². The van der Waals surface area contributed by atoms with E-state index in [-0.39, 0.29) is 6.61 Å². The molecular weight excluding hydrogens is 390 g/mol. The van der Waals surface area contributed by atoms with Crippen LogP contribution in [0.5, 0.6) is 0 Å². The highest BCUT2D eigenvalue weighted by atomic mass is 16.3. The molecule has 0 amide bonds. The molecule has 1 aliphatic rings. The molecule has 0 radical (unpaired) electrons. The fourth-order valence-electron chi connectivity index (χ4n) is 3.94. The lowest BCUT2D eigenvalue weighted by Gasteiger charge is -2.35. The van der Waals surface area contributed by atoms with Crippen LogP contribution in [0.1, 0.15) is 0 Å². The number of rotatable bonds is 6. The zero-order valence-corrected chi connectivity index (χ0v) is 17.2. The van der Waals surface area contributed by atoms with Gasteiger partial charge in [0, 0.05) is 61.7 Å². The van der Waals surface area contributed by atoms with Crippen LogP contribution in [-0.4, -0.2) is 69.1 Å². The van der Waals surface area contributed by atoms with Crippen molar-refractivity contribution in [2.24, 2.45) is 0 Å². The van der Waals surface area contributed by atoms with E-state index in [9.17, 15) is 0 Å². The number of hydrogen-bond acceptors (Lipinski definition) is 7. The number of fused-ring (bicyclic) bond motifs is 1. The molecule has 158 valence electrons. The van der Waals surface area contributed by atoms with Gasteiger partial charge in [-0.25, -0.2) is 9.67 Å². The smallest absolute Gasteiger partial charge is 0.229 e. The summed E-state index contributed by atoms with van der Waals surface area (Å²) in [4.78, 5) is 13.7. The first-order valence-electron chi connectivity index (χ1n) is 10.5. The summed E-state index contributed by atoms with van der Waals surface area (Å²) in [6.07, 6.45) is 3.58. The second-order valence-electron chi connectivity index (χ2n) is 7.58. The largest absolute Gasteiger partial charge is 0.395 e. The predicted octanol–water partition coefficient (Wildman–Crippen LogP) is 2.67. The lowest BCUT2D eigenvalue weighted by Crippen LogP contribution is -2.47. The minimum atomic E-state index is 0.222. The van der Waals surface area contributed by atoms with Gasteiger partial charge in [0.05, 0.1) is 18.3 Å². The summed E-state index contributed by atoms with van der Waals surface area (Å²) in [7, 11) is 0. The molecule has 2 aromatic carbocycles. The van der Waals surface area contributed by atoms with Crippen LogP contribution >= 0.6 is 0 Å². The van der Waals surface area contributed by atoms with Gasteiger partial charge in [0.15, 0.2) is 5.82 Å². The number of β-amino-alcohol motifs (C(OH)–C–C–N with tert-alkyl or cyclic N) is 1. The Labute approximate surface area is 180 Å². The molecule has 5 rings (SSSR count). The zero-order chi connectivity index (χ0) is 21.0. The van der Waals surface area contributed by atoms with Gasteiger partial charge in [-0.1, -0.05) is 18.2 Å². The Morgan fingerprint density at radius 3 is 2.55 bits per heavy atom. The summed E-state index contributed by atoms with van der Waals surface area (Å²) in [5.41, 5.74) is 3.15. The molecule has 0 unspecified atom stereocenters. The van der Waals surface area contributed by atoms with Crippen LogP contribution in [0, 0.1) is 0 Å². The summed E-state index contributed by atoms with van der Waals surface area (Å²) in [6, 6.07) is 18.2. The summed E-state index contributed by atoms with van der Waals surface area (Å²) < 4.78 is 1.82. The summed E-state index contributed by atoms with van der Waals surface area (Å²) in [5.74, 6) is 1.25. The van der Waals surface area contributed by atoms with Crippen LogP contribution in [0.2, 0.25) is 0 Å². The maximum absolute atomic E-state index is 9.09. The maximum Gasteiger partial charge on any atom is 0.229 e. The van der Waals surface area contributed by atoms with Gasteiger partial charge < -0.3 is 15.3 Å². The lowest BCUT2D eigenvalue weighted by atomic mass is 10.2. The minimum absolute atomic E-state index is 0.222. The van der Waals surface area contributed by atoms with E-state index in [1.54, 1.807) is 6.20 Å². The third-order valence-corrected chi connectivity index (χ3v) is 5.61. The van der Waals surface area contributed by atoms with Crippen LogP contribution in [0.3, 0.4) is 0 Å². The van der Waals surface area contributed by atoms with Gasteiger partial charge in [0.1, 0.15) is 0 Å². The van der Waals surface area contributed by atoms with E-state index >= 15 is 0 Å². The number of aliphatic hydroxyl groups is 1. The SMILES string of the molecule is OCCN1CCN(c2ccc(Nc3nccc(-n4ncc5ccccc54)n3)cc2)CC1. The highest BCUT2D eigenvalue weighted by Gasteiger charge is 2.16. The number of piperazine rings is 1. The highest BCUT2D eigenvalue weighted by Crippen LogP contribution is 2.22. The van der Waals surface area contributed by atoms with Crippen LogP contribution in [0.4, 0.5) is 17.3 Å².